The Morgan fingerprint density at radius 1 is 0.929 bits per heavy atom. The zero-order valence-electron chi connectivity index (χ0n) is 9.26. The minimum Gasteiger partial charge on any atom is -0.0875 e. The molecule has 0 amide bonds. The van der Waals surface area contributed by atoms with Crippen LogP contribution in [0.5, 0.6) is 0 Å². The van der Waals surface area contributed by atoms with Crippen molar-refractivity contribution >= 4 is 34.7 Å². The van der Waals surface area contributed by atoms with Crippen LogP contribution in [0.25, 0.3) is 0 Å². The molecule has 0 nitrogen and oxygen atoms in total. The molecule has 0 heterocycles. The minimum absolute atomic E-state index is 0.950. The van der Waals surface area contributed by atoms with Crippen molar-refractivity contribution in [1.29, 1.82) is 0 Å². The van der Waals surface area contributed by atoms with Crippen LogP contribution in [0.15, 0.2) is 0 Å². The second-order valence-electron chi connectivity index (χ2n) is 3.81. The molecule has 0 aromatic heterocycles. The maximum atomic E-state index is 5.03. The Morgan fingerprint density at radius 2 is 1.43 bits per heavy atom. The van der Waals surface area contributed by atoms with Crippen molar-refractivity contribution in [3.8, 4) is 0 Å². The van der Waals surface area contributed by atoms with E-state index >= 15 is 0 Å². The molecular weight excluding hydrogens is 208 g/mol. The summed E-state index contributed by atoms with van der Waals surface area (Å²) in [5.74, 6) is 0. The van der Waals surface area contributed by atoms with Gasteiger partial charge in [0.2, 0.25) is 0 Å². The summed E-state index contributed by atoms with van der Waals surface area (Å²) in [6, 6.07) is 0. The molecule has 82 valence electrons. The maximum absolute atomic E-state index is 5.03. The second-order valence-corrected chi connectivity index (χ2v) is 4.57. The predicted octanol–water partition coefficient (Wildman–Crippen LogP) is 4.89. The Kier molecular flexibility index (Phi) is 11.4. The van der Waals surface area contributed by atoms with Crippen LogP contribution in [0.1, 0.15) is 64.7 Å². The molecule has 0 aliphatic heterocycles. The van der Waals surface area contributed by atoms with Gasteiger partial charge in [0.1, 0.15) is 0 Å². The van der Waals surface area contributed by atoms with Gasteiger partial charge in [0, 0.05) is 10.2 Å². The lowest BCUT2D eigenvalue weighted by atomic mass is 10.1. The van der Waals surface area contributed by atoms with E-state index in [2.05, 4.69) is 6.92 Å². The summed E-state index contributed by atoms with van der Waals surface area (Å²) >= 11 is 9.79. The standard InChI is InChI=1S/C12H22S2/c1-2-3-4-5-6-7-8-9-10-12(14)11-13/h11H,2-10H2,1H3. The van der Waals surface area contributed by atoms with Gasteiger partial charge in [-0.25, -0.2) is 0 Å². The monoisotopic (exact) mass is 230 g/mol. The van der Waals surface area contributed by atoms with Crippen LogP contribution in [0.4, 0.5) is 0 Å². The van der Waals surface area contributed by atoms with Gasteiger partial charge < -0.3 is 0 Å². The molecule has 0 spiro atoms. The molecule has 0 bridgehead atoms. The summed E-state index contributed by atoms with van der Waals surface area (Å²) in [6.45, 7) is 2.26. The summed E-state index contributed by atoms with van der Waals surface area (Å²) in [5.41, 5.74) is 0. The number of unbranched alkanes of at least 4 members (excludes halogenated alkanes) is 7. The van der Waals surface area contributed by atoms with Crippen molar-refractivity contribution in [1.82, 2.24) is 0 Å². The number of thiocarbonyl (C=S) groups is 2. The molecular formula is C12H22S2. The normalized spacial score (nSPS) is 10.1. The van der Waals surface area contributed by atoms with Gasteiger partial charge in [-0.1, -0.05) is 76.3 Å². The molecule has 0 N–H and O–H groups in total. The first-order valence-electron chi connectivity index (χ1n) is 5.79. The highest BCUT2D eigenvalue weighted by Crippen LogP contribution is 2.09. The van der Waals surface area contributed by atoms with Gasteiger partial charge in [-0.05, 0) is 12.8 Å². The molecule has 0 atom stereocenters. The van der Waals surface area contributed by atoms with Gasteiger partial charge in [0.25, 0.3) is 0 Å². The summed E-state index contributed by atoms with van der Waals surface area (Å²) < 4.78 is 0. The van der Waals surface area contributed by atoms with Crippen molar-refractivity contribution in [3.63, 3.8) is 0 Å². The first-order chi connectivity index (χ1) is 6.81. The first kappa shape index (κ1) is 14.2. The molecule has 0 aliphatic rings. The van der Waals surface area contributed by atoms with Crippen molar-refractivity contribution in [2.75, 3.05) is 0 Å². The summed E-state index contributed by atoms with van der Waals surface area (Å²) in [6.07, 6.45) is 11.9. The van der Waals surface area contributed by atoms with Gasteiger partial charge in [0.15, 0.2) is 0 Å². The van der Waals surface area contributed by atoms with Gasteiger partial charge in [-0.15, -0.1) is 0 Å². The largest absolute Gasteiger partial charge is 0.0875 e. The molecule has 0 fully saturated rings. The topological polar surface area (TPSA) is 0 Å². The van der Waals surface area contributed by atoms with Crippen molar-refractivity contribution in [3.05, 3.63) is 0 Å². The van der Waals surface area contributed by atoms with E-state index in [-0.39, 0.29) is 0 Å². The third kappa shape index (κ3) is 10.3. The van der Waals surface area contributed by atoms with Crippen molar-refractivity contribution < 1.29 is 0 Å². The van der Waals surface area contributed by atoms with Gasteiger partial charge >= 0.3 is 0 Å². The van der Waals surface area contributed by atoms with Crippen LogP contribution in [0.2, 0.25) is 0 Å². The van der Waals surface area contributed by atoms with E-state index < -0.39 is 0 Å². The molecule has 0 rings (SSSR count). The smallest absolute Gasteiger partial charge is 0.0259 e. The average molecular weight is 230 g/mol. The molecule has 0 saturated heterocycles. The summed E-state index contributed by atoms with van der Waals surface area (Å²) in [4.78, 5) is 0.950. The molecule has 0 aliphatic carbocycles. The van der Waals surface area contributed by atoms with Crippen LogP contribution in [0.3, 0.4) is 0 Å². The molecule has 0 radical (unpaired) electrons. The summed E-state index contributed by atoms with van der Waals surface area (Å²) in [5, 5.41) is 1.64. The number of rotatable bonds is 10. The molecule has 0 aromatic rings. The van der Waals surface area contributed by atoms with E-state index in [0.29, 0.717) is 0 Å². The van der Waals surface area contributed by atoms with E-state index in [1.807, 2.05) is 0 Å². The fraction of sp³-hybridized carbons (Fsp3) is 0.833. The quantitative estimate of drug-likeness (QED) is 0.387. The lowest BCUT2D eigenvalue weighted by Gasteiger charge is -2.00. The maximum Gasteiger partial charge on any atom is 0.0259 e. The van der Waals surface area contributed by atoms with Crippen LogP contribution in [-0.2, 0) is 0 Å². The van der Waals surface area contributed by atoms with E-state index in [1.54, 1.807) is 5.37 Å². The predicted molar refractivity (Wildman–Crippen MR) is 73.5 cm³/mol. The summed E-state index contributed by atoms with van der Waals surface area (Å²) in [7, 11) is 0. The van der Waals surface area contributed by atoms with Gasteiger partial charge in [0.05, 0.1) is 0 Å². The molecule has 0 aromatic carbocycles. The second kappa shape index (κ2) is 11.3. The van der Waals surface area contributed by atoms with E-state index in [0.717, 1.165) is 11.3 Å². The van der Waals surface area contributed by atoms with Gasteiger partial charge in [-0.3, -0.25) is 0 Å². The Bertz CT molecular complexity index is 152. The highest BCUT2D eigenvalue weighted by atomic mass is 32.1. The van der Waals surface area contributed by atoms with Crippen LogP contribution >= 0.6 is 24.4 Å². The third-order valence-electron chi connectivity index (χ3n) is 2.41. The van der Waals surface area contributed by atoms with Crippen LogP contribution < -0.4 is 0 Å². The Hall–Kier alpha value is 0.180. The average Bonchev–Trinajstić information content (AvgIpc) is 2.21. The highest BCUT2D eigenvalue weighted by molar-refractivity contribution is 7.88. The first-order valence-corrected chi connectivity index (χ1v) is 6.67. The highest BCUT2D eigenvalue weighted by Gasteiger charge is 1.93. The zero-order chi connectivity index (χ0) is 10.6. The van der Waals surface area contributed by atoms with E-state index in [9.17, 15) is 0 Å². The lowest BCUT2D eigenvalue weighted by Crippen LogP contribution is -1.93. The Balaban J connectivity index is 2.99. The van der Waals surface area contributed by atoms with Crippen molar-refractivity contribution in [2.45, 2.75) is 64.7 Å². The third-order valence-corrected chi connectivity index (χ3v) is 3.16. The Morgan fingerprint density at radius 3 is 1.93 bits per heavy atom. The lowest BCUT2D eigenvalue weighted by molar-refractivity contribution is 0.581. The minimum atomic E-state index is 0.950. The fourth-order valence-electron chi connectivity index (χ4n) is 1.49. The van der Waals surface area contributed by atoms with E-state index in [1.165, 1.54) is 51.4 Å². The number of hydrogen-bond acceptors (Lipinski definition) is 2. The van der Waals surface area contributed by atoms with Gasteiger partial charge in [-0.2, -0.15) is 0 Å². The SMILES string of the molecule is CCCCCCCCCCC(=S)C=S. The number of hydrogen-bond donors (Lipinski definition) is 0. The van der Waals surface area contributed by atoms with Crippen molar-refractivity contribution in [2.24, 2.45) is 0 Å². The fourth-order valence-corrected chi connectivity index (χ4v) is 1.75. The molecule has 0 unspecified atom stereocenters. The molecule has 0 saturated carbocycles. The van der Waals surface area contributed by atoms with Crippen LogP contribution in [-0.4, -0.2) is 10.2 Å². The Labute approximate surface area is 99.5 Å². The molecule has 14 heavy (non-hydrogen) atoms. The van der Waals surface area contributed by atoms with E-state index in [4.69, 9.17) is 24.4 Å². The van der Waals surface area contributed by atoms with Crippen LogP contribution in [0, 0.1) is 0 Å². The zero-order valence-corrected chi connectivity index (χ0v) is 10.9. The molecule has 2 heteroatoms.